The van der Waals surface area contributed by atoms with Crippen LogP contribution in [0.3, 0.4) is 0 Å². The highest BCUT2D eigenvalue weighted by atomic mass is 16.2. The fourth-order valence-electron chi connectivity index (χ4n) is 1.96. The van der Waals surface area contributed by atoms with E-state index in [0.717, 1.165) is 11.1 Å². The van der Waals surface area contributed by atoms with Gasteiger partial charge in [0.05, 0.1) is 6.54 Å². The van der Waals surface area contributed by atoms with Crippen LogP contribution in [0.25, 0.3) is 6.08 Å². The van der Waals surface area contributed by atoms with Gasteiger partial charge in [0.25, 0.3) is 0 Å². The molecule has 0 fully saturated rings. The van der Waals surface area contributed by atoms with Crippen LogP contribution >= 0.6 is 0 Å². The molecule has 0 aliphatic heterocycles. The fraction of sp³-hybridized carbons (Fsp3) is 0.111. The molecule has 0 unspecified atom stereocenters. The molecule has 0 saturated carbocycles. The van der Waals surface area contributed by atoms with Crippen LogP contribution in [0, 0.1) is 6.92 Å². The summed E-state index contributed by atoms with van der Waals surface area (Å²) in [6.07, 6.45) is 3.20. The molecule has 0 radical (unpaired) electrons. The number of benzene rings is 2. The molecule has 0 aromatic heterocycles. The minimum absolute atomic E-state index is 0.0875. The molecule has 118 valence electrons. The zero-order valence-electron chi connectivity index (χ0n) is 12.9. The van der Waals surface area contributed by atoms with Gasteiger partial charge in [-0.2, -0.15) is 0 Å². The maximum absolute atomic E-state index is 12.0. The highest BCUT2D eigenvalue weighted by Gasteiger charge is 2.05. The summed E-state index contributed by atoms with van der Waals surface area (Å²) >= 11 is 0. The van der Waals surface area contributed by atoms with Gasteiger partial charge in [0, 0.05) is 17.5 Å². The van der Waals surface area contributed by atoms with E-state index in [2.05, 4.69) is 10.6 Å². The van der Waals surface area contributed by atoms with E-state index in [9.17, 15) is 9.59 Å². The Morgan fingerprint density at radius 3 is 2.52 bits per heavy atom. The molecule has 2 rings (SSSR count). The number of amides is 2. The Labute approximate surface area is 135 Å². The lowest BCUT2D eigenvalue weighted by molar-refractivity contribution is -0.115. The van der Waals surface area contributed by atoms with Crippen molar-refractivity contribution in [2.75, 3.05) is 17.2 Å². The summed E-state index contributed by atoms with van der Waals surface area (Å²) in [5.74, 6) is -0.519. The number of anilines is 2. The van der Waals surface area contributed by atoms with Crippen molar-refractivity contribution < 1.29 is 9.59 Å². The number of nitrogens with two attached hydrogens (primary N) is 1. The second-order valence-electron chi connectivity index (χ2n) is 5.02. The van der Waals surface area contributed by atoms with Crippen molar-refractivity contribution in [3.8, 4) is 0 Å². The van der Waals surface area contributed by atoms with Gasteiger partial charge in [0.1, 0.15) is 0 Å². The third kappa shape index (κ3) is 5.09. The van der Waals surface area contributed by atoms with Crippen LogP contribution in [-0.2, 0) is 9.59 Å². The number of nitrogens with one attached hydrogen (secondary N) is 2. The van der Waals surface area contributed by atoms with Crippen LogP contribution in [0.5, 0.6) is 0 Å². The van der Waals surface area contributed by atoms with Gasteiger partial charge in [-0.1, -0.05) is 36.4 Å². The van der Waals surface area contributed by atoms with Gasteiger partial charge < -0.3 is 16.4 Å². The highest BCUT2D eigenvalue weighted by Crippen LogP contribution is 2.20. The Bertz CT molecular complexity index is 724. The summed E-state index contributed by atoms with van der Waals surface area (Å²) in [5.41, 5.74) is 8.36. The van der Waals surface area contributed by atoms with Crippen LogP contribution in [0.1, 0.15) is 11.1 Å². The number of rotatable bonds is 5. The molecule has 5 heteroatoms. The second kappa shape index (κ2) is 7.91. The molecule has 0 spiro atoms. The lowest BCUT2D eigenvalue weighted by atomic mass is 10.1. The first-order valence-corrected chi connectivity index (χ1v) is 7.23. The van der Waals surface area contributed by atoms with E-state index in [-0.39, 0.29) is 18.4 Å². The third-order valence-corrected chi connectivity index (χ3v) is 3.19. The SMILES string of the molecule is Cc1ccc(NC(=O)/C=C/c2ccccc2)cc1NC(=O)CN. The van der Waals surface area contributed by atoms with Crippen molar-refractivity contribution in [1.82, 2.24) is 0 Å². The van der Waals surface area contributed by atoms with E-state index in [1.165, 1.54) is 6.08 Å². The second-order valence-corrected chi connectivity index (χ2v) is 5.02. The predicted octanol–water partition coefficient (Wildman–Crippen LogP) is 2.54. The van der Waals surface area contributed by atoms with Crippen LogP contribution in [0.4, 0.5) is 11.4 Å². The maximum Gasteiger partial charge on any atom is 0.248 e. The topological polar surface area (TPSA) is 84.2 Å². The van der Waals surface area contributed by atoms with Crippen LogP contribution in [0.2, 0.25) is 0 Å². The lowest BCUT2D eigenvalue weighted by Crippen LogP contribution is -2.22. The molecule has 0 aliphatic rings. The molecule has 2 aromatic carbocycles. The minimum Gasteiger partial charge on any atom is -0.325 e. The number of aryl methyl sites for hydroxylation is 1. The molecule has 0 saturated heterocycles. The zero-order chi connectivity index (χ0) is 16.7. The van der Waals surface area contributed by atoms with Crippen molar-refractivity contribution in [3.05, 3.63) is 65.7 Å². The zero-order valence-corrected chi connectivity index (χ0v) is 12.9. The molecule has 2 aromatic rings. The summed E-state index contributed by atoms with van der Waals surface area (Å²) in [6.45, 7) is 1.78. The van der Waals surface area contributed by atoms with Crippen LogP contribution in [-0.4, -0.2) is 18.4 Å². The Morgan fingerprint density at radius 2 is 1.83 bits per heavy atom. The summed E-state index contributed by atoms with van der Waals surface area (Å²) in [7, 11) is 0. The Morgan fingerprint density at radius 1 is 1.09 bits per heavy atom. The third-order valence-electron chi connectivity index (χ3n) is 3.19. The van der Waals surface area contributed by atoms with Gasteiger partial charge >= 0.3 is 0 Å². The van der Waals surface area contributed by atoms with Crippen molar-refractivity contribution in [2.45, 2.75) is 6.92 Å². The number of hydrogen-bond acceptors (Lipinski definition) is 3. The Hall–Kier alpha value is -2.92. The van der Waals surface area contributed by atoms with Crippen molar-refractivity contribution in [2.24, 2.45) is 5.73 Å². The maximum atomic E-state index is 12.0. The standard InChI is InChI=1S/C18H19N3O2/c1-13-7-9-15(11-16(13)21-18(23)12-19)20-17(22)10-8-14-5-3-2-4-6-14/h2-11H,12,19H2,1H3,(H,20,22)(H,21,23)/b10-8+. The highest BCUT2D eigenvalue weighted by molar-refractivity contribution is 6.02. The predicted molar refractivity (Wildman–Crippen MR) is 93.0 cm³/mol. The van der Waals surface area contributed by atoms with Crippen molar-refractivity contribution in [1.29, 1.82) is 0 Å². The minimum atomic E-state index is -0.277. The van der Waals surface area contributed by atoms with Gasteiger partial charge in [-0.25, -0.2) is 0 Å². The molecule has 2 amide bonds. The van der Waals surface area contributed by atoms with Gasteiger partial charge in [-0.15, -0.1) is 0 Å². The first-order valence-electron chi connectivity index (χ1n) is 7.23. The lowest BCUT2D eigenvalue weighted by Gasteiger charge is -2.10. The molecule has 5 nitrogen and oxygen atoms in total. The fourth-order valence-corrected chi connectivity index (χ4v) is 1.96. The van der Waals surface area contributed by atoms with E-state index in [0.29, 0.717) is 11.4 Å². The Balaban J connectivity index is 2.05. The molecule has 0 bridgehead atoms. The van der Waals surface area contributed by atoms with E-state index < -0.39 is 0 Å². The van der Waals surface area contributed by atoms with E-state index in [4.69, 9.17) is 5.73 Å². The normalized spacial score (nSPS) is 10.5. The number of hydrogen-bond donors (Lipinski definition) is 3. The van der Waals surface area contributed by atoms with Gasteiger partial charge in [-0.3, -0.25) is 9.59 Å². The molecule has 4 N–H and O–H groups in total. The first kappa shape index (κ1) is 16.5. The summed E-state index contributed by atoms with van der Waals surface area (Å²) in [4.78, 5) is 23.3. The van der Waals surface area contributed by atoms with Crippen LogP contribution < -0.4 is 16.4 Å². The molecule has 0 heterocycles. The summed E-state index contributed by atoms with van der Waals surface area (Å²) in [5, 5.41) is 5.46. The first-order chi connectivity index (χ1) is 11.1. The Kier molecular flexibility index (Phi) is 5.66. The summed E-state index contributed by atoms with van der Waals surface area (Å²) < 4.78 is 0. The molecule has 0 aliphatic carbocycles. The average Bonchev–Trinajstić information content (AvgIpc) is 2.57. The smallest absolute Gasteiger partial charge is 0.248 e. The van der Waals surface area contributed by atoms with Gasteiger partial charge in [-0.05, 0) is 36.3 Å². The molecular formula is C18H19N3O2. The molecule has 0 atom stereocenters. The molecule has 23 heavy (non-hydrogen) atoms. The number of carbonyl (C=O) groups is 2. The monoisotopic (exact) mass is 309 g/mol. The number of carbonyl (C=O) groups excluding carboxylic acids is 2. The largest absolute Gasteiger partial charge is 0.325 e. The van der Waals surface area contributed by atoms with Gasteiger partial charge in [0.2, 0.25) is 11.8 Å². The van der Waals surface area contributed by atoms with Crippen molar-refractivity contribution in [3.63, 3.8) is 0 Å². The summed E-state index contributed by atoms with van der Waals surface area (Å²) in [6, 6.07) is 14.9. The van der Waals surface area contributed by atoms with Crippen molar-refractivity contribution >= 4 is 29.3 Å². The van der Waals surface area contributed by atoms with Crippen LogP contribution in [0.15, 0.2) is 54.6 Å². The molecular weight excluding hydrogens is 290 g/mol. The van der Waals surface area contributed by atoms with E-state index in [1.54, 1.807) is 18.2 Å². The van der Waals surface area contributed by atoms with E-state index in [1.807, 2.05) is 43.3 Å². The average molecular weight is 309 g/mol. The van der Waals surface area contributed by atoms with Gasteiger partial charge in [0.15, 0.2) is 0 Å². The van der Waals surface area contributed by atoms with E-state index >= 15 is 0 Å². The quantitative estimate of drug-likeness (QED) is 0.742.